The fourth-order valence-corrected chi connectivity index (χ4v) is 3.94. The molecule has 0 aliphatic rings. The summed E-state index contributed by atoms with van der Waals surface area (Å²) < 4.78 is 48.7. The number of hydrogen-bond acceptors (Lipinski definition) is 8. The third-order valence-corrected chi connectivity index (χ3v) is 5.66. The van der Waals surface area contributed by atoms with Gasteiger partial charge < -0.3 is 9.64 Å². The molecule has 11 heteroatoms. The molecular formula is C23H24FN5O4S. The molecule has 0 N–H and O–H groups in total. The molecule has 2 heterocycles. The Kier molecular flexibility index (Phi) is 6.75. The highest BCUT2D eigenvalue weighted by Crippen LogP contribution is 2.32. The number of hydrogen-bond donors (Lipinski definition) is 0. The maximum Gasteiger partial charge on any atom is 0.264 e. The molecule has 0 bridgehead atoms. The molecule has 178 valence electrons. The van der Waals surface area contributed by atoms with Gasteiger partial charge in [-0.1, -0.05) is 0 Å². The van der Waals surface area contributed by atoms with Crippen LogP contribution in [0.25, 0.3) is 22.3 Å². The van der Waals surface area contributed by atoms with E-state index in [1.165, 1.54) is 19.2 Å². The zero-order valence-corrected chi connectivity index (χ0v) is 19.8. The molecule has 0 unspecified atom stereocenters. The summed E-state index contributed by atoms with van der Waals surface area (Å²) in [5.41, 5.74) is 4.16. The van der Waals surface area contributed by atoms with Gasteiger partial charge in [-0.15, -0.1) is 0 Å². The third kappa shape index (κ3) is 5.67. The first-order valence-electron chi connectivity index (χ1n) is 10.4. The molecule has 4 rings (SSSR count). The summed E-state index contributed by atoms with van der Waals surface area (Å²) in [7, 11) is -0.256. The minimum Gasteiger partial charge on any atom is -0.497 e. The topological polar surface area (TPSA) is 99.4 Å². The Balaban J connectivity index is 1.71. The van der Waals surface area contributed by atoms with Crippen LogP contribution in [0.1, 0.15) is 6.42 Å². The van der Waals surface area contributed by atoms with Crippen molar-refractivity contribution in [1.29, 1.82) is 0 Å². The zero-order chi connectivity index (χ0) is 24.3. The smallest absolute Gasteiger partial charge is 0.264 e. The fourth-order valence-electron chi connectivity index (χ4n) is 3.52. The lowest BCUT2D eigenvalue weighted by molar-refractivity contribution is 0.318. The van der Waals surface area contributed by atoms with Crippen LogP contribution in [0.4, 0.5) is 15.8 Å². The molecule has 0 aliphatic heterocycles. The fraction of sp³-hybridized carbons (Fsp3) is 0.261. The second kappa shape index (κ2) is 9.74. The van der Waals surface area contributed by atoms with Crippen molar-refractivity contribution < 1.29 is 21.7 Å². The SMILES string of the molecule is COc1cc(F)cc(N(CCCOS(C)(=O)=O)c2ccc3ncc(-c4cnn(C)c4)nc3c2)c1. The van der Waals surface area contributed by atoms with Crippen LogP contribution in [-0.4, -0.2) is 54.7 Å². The predicted molar refractivity (Wildman–Crippen MR) is 127 cm³/mol. The van der Waals surface area contributed by atoms with Crippen molar-refractivity contribution in [1.82, 2.24) is 19.7 Å². The van der Waals surface area contributed by atoms with Crippen molar-refractivity contribution in [2.24, 2.45) is 7.05 Å². The first-order valence-corrected chi connectivity index (χ1v) is 12.3. The molecule has 0 radical (unpaired) electrons. The van der Waals surface area contributed by atoms with Gasteiger partial charge in [-0.2, -0.15) is 13.5 Å². The van der Waals surface area contributed by atoms with Crippen molar-refractivity contribution in [3.63, 3.8) is 0 Å². The van der Waals surface area contributed by atoms with Crippen LogP contribution in [0.3, 0.4) is 0 Å². The largest absolute Gasteiger partial charge is 0.497 e. The highest BCUT2D eigenvalue weighted by atomic mass is 32.2. The Morgan fingerprint density at radius 2 is 1.91 bits per heavy atom. The van der Waals surface area contributed by atoms with Crippen LogP contribution in [0.5, 0.6) is 5.75 Å². The van der Waals surface area contributed by atoms with E-state index in [2.05, 4.69) is 10.1 Å². The van der Waals surface area contributed by atoms with E-state index in [0.29, 0.717) is 41.1 Å². The molecule has 0 fully saturated rings. The summed E-state index contributed by atoms with van der Waals surface area (Å²) in [6.45, 7) is 0.365. The molecule has 0 amide bonds. The Hall–Kier alpha value is -3.57. The second-order valence-corrected chi connectivity index (χ2v) is 9.36. The molecule has 4 aromatic rings. The summed E-state index contributed by atoms with van der Waals surface area (Å²) in [5, 5.41) is 4.18. The molecule has 34 heavy (non-hydrogen) atoms. The van der Waals surface area contributed by atoms with Gasteiger partial charge in [0, 0.05) is 48.9 Å². The first kappa shape index (κ1) is 23.6. The minimum atomic E-state index is -3.55. The summed E-state index contributed by atoms with van der Waals surface area (Å²) in [6, 6.07) is 9.94. The van der Waals surface area contributed by atoms with Gasteiger partial charge in [-0.05, 0) is 30.7 Å². The number of benzene rings is 2. The number of anilines is 2. The standard InChI is InChI=1S/C23H24FN5O4S/c1-28-15-16(13-26-28)23-14-25-21-6-5-18(12-22(21)27-23)29(7-4-8-33-34(3,30)31)19-9-17(24)10-20(11-19)32-2/h5-6,9-15H,4,7-8H2,1-3H3. The van der Waals surface area contributed by atoms with Gasteiger partial charge in [0.25, 0.3) is 10.1 Å². The molecule has 0 saturated heterocycles. The van der Waals surface area contributed by atoms with E-state index < -0.39 is 15.9 Å². The maximum atomic E-state index is 14.3. The number of fused-ring (bicyclic) bond motifs is 1. The minimum absolute atomic E-state index is 0.000324. The van der Waals surface area contributed by atoms with Crippen LogP contribution in [-0.2, 0) is 21.3 Å². The molecule has 0 atom stereocenters. The number of aryl methyl sites for hydroxylation is 1. The first-order chi connectivity index (χ1) is 16.2. The summed E-state index contributed by atoms with van der Waals surface area (Å²) in [6.07, 6.45) is 6.64. The Morgan fingerprint density at radius 3 is 2.62 bits per heavy atom. The van der Waals surface area contributed by atoms with E-state index in [0.717, 1.165) is 17.5 Å². The number of aromatic nitrogens is 4. The number of ether oxygens (including phenoxy) is 1. The second-order valence-electron chi connectivity index (χ2n) is 7.71. The Morgan fingerprint density at radius 1 is 1.09 bits per heavy atom. The van der Waals surface area contributed by atoms with Gasteiger partial charge in [0.05, 0.1) is 49.1 Å². The number of nitrogens with zero attached hydrogens (tertiary/aromatic N) is 5. The molecule has 2 aromatic heterocycles. The molecule has 0 saturated carbocycles. The third-order valence-electron chi connectivity index (χ3n) is 5.07. The van der Waals surface area contributed by atoms with Gasteiger partial charge in [0.15, 0.2) is 0 Å². The molecule has 9 nitrogen and oxygen atoms in total. The van der Waals surface area contributed by atoms with Crippen molar-refractivity contribution >= 4 is 32.5 Å². The number of methoxy groups -OCH3 is 1. The van der Waals surface area contributed by atoms with Crippen molar-refractivity contribution in [3.8, 4) is 17.0 Å². The van der Waals surface area contributed by atoms with E-state index in [1.807, 2.05) is 36.3 Å². The van der Waals surface area contributed by atoms with Gasteiger partial charge in [-0.25, -0.2) is 9.37 Å². The highest BCUT2D eigenvalue weighted by molar-refractivity contribution is 7.85. The van der Waals surface area contributed by atoms with Crippen molar-refractivity contribution in [2.75, 3.05) is 31.4 Å². The lowest BCUT2D eigenvalue weighted by Crippen LogP contribution is -2.20. The monoisotopic (exact) mass is 485 g/mol. The van der Waals surface area contributed by atoms with Gasteiger partial charge >= 0.3 is 0 Å². The number of rotatable bonds is 9. The van der Waals surface area contributed by atoms with Crippen molar-refractivity contribution in [2.45, 2.75) is 6.42 Å². The number of halogens is 1. The molecule has 0 aliphatic carbocycles. The van der Waals surface area contributed by atoms with E-state index in [1.54, 1.807) is 23.1 Å². The van der Waals surface area contributed by atoms with E-state index in [4.69, 9.17) is 13.9 Å². The molecule has 2 aromatic carbocycles. The average molecular weight is 486 g/mol. The van der Waals surface area contributed by atoms with Crippen molar-refractivity contribution in [3.05, 3.63) is 60.8 Å². The Bertz CT molecular complexity index is 1420. The van der Waals surface area contributed by atoms with Crippen LogP contribution in [0.2, 0.25) is 0 Å². The average Bonchev–Trinajstić information content (AvgIpc) is 3.23. The summed E-state index contributed by atoms with van der Waals surface area (Å²) >= 11 is 0. The lowest BCUT2D eigenvalue weighted by atomic mass is 10.2. The lowest BCUT2D eigenvalue weighted by Gasteiger charge is -2.26. The normalized spacial score (nSPS) is 11.6. The van der Waals surface area contributed by atoms with E-state index in [-0.39, 0.29) is 6.61 Å². The maximum absolute atomic E-state index is 14.3. The molecular weight excluding hydrogens is 461 g/mol. The van der Waals surface area contributed by atoms with Gasteiger partial charge in [0.2, 0.25) is 0 Å². The highest BCUT2D eigenvalue weighted by Gasteiger charge is 2.15. The van der Waals surface area contributed by atoms with Gasteiger partial charge in [-0.3, -0.25) is 13.8 Å². The zero-order valence-electron chi connectivity index (χ0n) is 19.0. The predicted octanol–water partition coefficient (Wildman–Crippen LogP) is 3.68. The van der Waals surface area contributed by atoms with Crippen LogP contribution in [0.15, 0.2) is 55.0 Å². The Labute approximate surface area is 196 Å². The van der Waals surface area contributed by atoms with Crippen LogP contribution >= 0.6 is 0 Å². The van der Waals surface area contributed by atoms with E-state index in [9.17, 15) is 12.8 Å². The molecule has 0 spiro atoms. The van der Waals surface area contributed by atoms with Crippen LogP contribution < -0.4 is 9.64 Å². The quantitative estimate of drug-likeness (QED) is 0.262. The van der Waals surface area contributed by atoms with Gasteiger partial charge in [0.1, 0.15) is 11.6 Å². The van der Waals surface area contributed by atoms with Crippen LogP contribution in [0, 0.1) is 5.82 Å². The van der Waals surface area contributed by atoms with E-state index >= 15 is 0 Å². The summed E-state index contributed by atoms with van der Waals surface area (Å²) in [5.74, 6) is -0.0852. The summed E-state index contributed by atoms with van der Waals surface area (Å²) in [4.78, 5) is 11.1.